The molecule has 2 atom stereocenters. The zero-order valence-corrected chi connectivity index (χ0v) is 12.7. The SMILES string of the molecule is CN1CCC(NCC(O)c2ccc(S(C)(=O)=O)cc2)C1. The van der Waals surface area contributed by atoms with Gasteiger partial charge >= 0.3 is 0 Å². The largest absolute Gasteiger partial charge is 0.387 e. The molecule has 1 fully saturated rings. The van der Waals surface area contributed by atoms with Gasteiger partial charge in [0.15, 0.2) is 9.84 Å². The van der Waals surface area contributed by atoms with Gasteiger partial charge in [0.05, 0.1) is 11.0 Å². The van der Waals surface area contributed by atoms with Gasteiger partial charge in [0.25, 0.3) is 0 Å². The van der Waals surface area contributed by atoms with Crippen LogP contribution in [0.25, 0.3) is 0 Å². The number of likely N-dealkylation sites (tertiary alicyclic amines) is 1. The first kappa shape index (κ1) is 15.4. The van der Waals surface area contributed by atoms with Crippen LogP contribution in [0.5, 0.6) is 0 Å². The summed E-state index contributed by atoms with van der Waals surface area (Å²) in [5.74, 6) is 0. The van der Waals surface area contributed by atoms with Crippen LogP contribution in [0.1, 0.15) is 18.1 Å². The zero-order valence-electron chi connectivity index (χ0n) is 11.9. The number of aliphatic hydroxyl groups is 1. The van der Waals surface area contributed by atoms with E-state index in [0.29, 0.717) is 12.6 Å². The second-order valence-electron chi connectivity index (χ2n) is 5.51. The molecule has 1 saturated heterocycles. The van der Waals surface area contributed by atoms with Crippen molar-refractivity contribution in [2.75, 3.05) is 32.9 Å². The lowest BCUT2D eigenvalue weighted by atomic mass is 10.1. The summed E-state index contributed by atoms with van der Waals surface area (Å²) in [4.78, 5) is 2.53. The Bertz CT molecular complexity index is 542. The molecule has 1 heterocycles. The van der Waals surface area contributed by atoms with Crippen LogP contribution in [-0.4, -0.2) is 57.4 Å². The highest BCUT2D eigenvalue weighted by atomic mass is 32.2. The van der Waals surface area contributed by atoms with Gasteiger partial charge in [-0.05, 0) is 37.7 Å². The molecule has 6 heteroatoms. The molecule has 0 amide bonds. The summed E-state index contributed by atoms with van der Waals surface area (Å²) >= 11 is 0. The molecule has 2 unspecified atom stereocenters. The molecule has 0 spiro atoms. The number of aliphatic hydroxyl groups excluding tert-OH is 1. The molecule has 0 saturated carbocycles. The van der Waals surface area contributed by atoms with E-state index in [-0.39, 0.29) is 4.90 Å². The number of nitrogens with one attached hydrogen (secondary N) is 1. The van der Waals surface area contributed by atoms with Crippen molar-refractivity contribution in [1.82, 2.24) is 10.2 Å². The van der Waals surface area contributed by atoms with Crippen molar-refractivity contribution in [3.8, 4) is 0 Å². The van der Waals surface area contributed by atoms with Crippen LogP contribution in [0.15, 0.2) is 29.2 Å². The van der Waals surface area contributed by atoms with Crippen LogP contribution in [-0.2, 0) is 9.84 Å². The van der Waals surface area contributed by atoms with Gasteiger partial charge in [-0.25, -0.2) is 8.42 Å². The van der Waals surface area contributed by atoms with Crippen molar-refractivity contribution in [2.45, 2.75) is 23.5 Å². The second-order valence-corrected chi connectivity index (χ2v) is 7.53. The molecule has 0 aliphatic carbocycles. The standard InChI is InChI=1S/C14H22N2O3S/c1-16-8-7-12(10-16)15-9-14(17)11-3-5-13(6-4-11)20(2,18)19/h3-6,12,14-15,17H,7-10H2,1-2H3. The monoisotopic (exact) mass is 298 g/mol. The molecule has 1 aromatic carbocycles. The van der Waals surface area contributed by atoms with Gasteiger partial charge in [-0.15, -0.1) is 0 Å². The first-order valence-electron chi connectivity index (χ1n) is 6.76. The summed E-state index contributed by atoms with van der Waals surface area (Å²) in [7, 11) is -1.09. The quantitative estimate of drug-likeness (QED) is 0.824. The molecule has 1 aliphatic rings. The third-order valence-corrected chi connectivity index (χ3v) is 4.81. The molecule has 5 nitrogen and oxygen atoms in total. The van der Waals surface area contributed by atoms with Crippen LogP contribution in [0.3, 0.4) is 0 Å². The number of sulfone groups is 1. The van der Waals surface area contributed by atoms with E-state index in [2.05, 4.69) is 17.3 Å². The van der Waals surface area contributed by atoms with Gasteiger partial charge in [-0.3, -0.25) is 0 Å². The first-order chi connectivity index (χ1) is 9.36. The normalized spacial score (nSPS) is 22.1. The van der Waals surface area contributed by atoms with Gasteiger partial charge < -0.3 is 15.3 Å². The van der Waals surface area contributed by atoms with Gasteiger partial charge in [-0.2, -0.15) is 0 Å². The molecule has 2 N–H and O–H groups in total. The van der Waals surface area contributed by atoms with E-state index in [1.165, 1.54) is 18.4 Å². The second kappa shape index (κ2) is 6.22. The number of rotatable bonds is 5. The maximum absolute atomic E-state index is 11.4. The molecule has 2 rings (SSSR count). The smallest absolute Gasteiger partial charge is 0.175 e. The summed E-state index contributed by atoms with van der Waals surface area (Å²) < 4.78 is 22.7. The molecule has 0 aromatic heterocycles. The van der Waals surface area contributed by atoms with Crippen LogP contribution >= 0.6 is 0 Å². The molecule has 1 aromatic rings. The Balaban J connectivity index is 1.91. The van der Waals surface area contributed by atoms with Crippen molar-refractivity contribution >= 4 is 9.84 Å². The summed E-state index contributed by atoms with van der Waals surface area (Å²) in [6.45, 7) is 2.56. The van der Waals surface area contributed by atoms with E-state index in [0.717, 1.165) is 25.1 Å². The summed E-state index contributed by atoms with van der Waals surface area (Å²) in [6, 6.07) is 6.84. The van der Waals surface area contributed by atoms with E-state index in [1.54, 1.807) is 12.1 Å². The van der Waals surface area contributed by atoms with Gasteiger partial charge in [0.2, 0.25) is 0 Å². The number of likely N-dealkylation sites (N-methyl/N-ethyl adjacent to an activating group) is 1. The van der Waals surface area contributed by atoms with Gasteiger partial charge in [0, 0.05) is 25.4 Å². The fourth-order valence-corrected chi connectivity index (χ4v) is 3.07. The van der Waals surface area contributed by atoms with E-state index in [4.69, 9.17) is 0 Å². The average molecular weight is 298 g/mol. The average Bonchev–Trinajstić information content (AvgIpc) is 2.81. The van der Waals surface area contributed by atoms with Crippen LogP contribution < -0.4 is 5.32 Å². The fraction of sp³-hybridized carbons (Fsp3) is 0.571. The molecule has 0 radical (unpaired) electrons. The van der Waals surface area contributed by atoms with E-state index >= 15 is 0 Å². The van der Waals surface area contributed by atoms with Gasteiger partial charge in [0.1, 0.15) is 0 Å². The summed E-state index contributed by atoms with van der Waals surface area (Å²) in [5, 5.41) is 13.5. The van der Waals surface area contributed by atoms with Crippen molar-refractivity contribution in [3.63, 3.8) is 0 Å². The lowest BCUT2D eigenvalue weighted by Gasteiger charge is -2.17. The highest BCUT2D eigenvalue weighted by Gasteiger charge is 2.20. The van der Waals surface area contributed by atoms with Crippen molar-refractivity contribution in [3.05, 3.63) is 29.8 Å². The Kier molecular flexibility index (Phi) is 4.80. The lowest BCUT2D eigenvalue weighted by Crippen LogP contribution is -2.34. The van der Waals surface area contributed by atoms with Crippen LogP contribution in [0, 0.1) is 0 Å². The number of nitrogens with zero attached hydrogens (tertiary/aromatic N) is 1. The Morgan fingerprint density at radius 3 is 2.55 bits per heavy atom. The Morgan fingerprint density at radius 1 is 1.40 bits per heavy atom. The topological polar surface area (TPSA) is 69.6 Å². The van der Waals surface area contributed by atoms with Crippen molar-refractivity contribution in [2.24, 2.45) is 0 Å². The molecule has 20 heavy (non-hydrogen) atoms. The minimum Gasteiger partial charge on any atom is -0.387 e. The number of hydrogen-bond acceptors (Lipinski definition) is 5. The van der Waals surface area contributed by atoms with Crippen molar-refractivity contribution < 1.29 is 13.5 Å². The van der Waals surface area contributed by atoms with Crippen LogP contribution in [0.2, 0.25) is 0 Å². The first-order valence-corrected chi connectivity index (χ1v) is 8.65. The van der Waals surface area contributed by atoms with E-state index in [1.807, 2.05) is 0 Å². The zero-order chi connectivity index (χ0) is 14.8. The minimum atomic E-state index is -3.18. The van der Waals surface area contributed by atoms with Gasteiger partial charge in [-0.1, -0.05) is 12.1 Å². The van der Waals surface area contributed by atoms with Crippen molar-refractivity contribution in [1.29, 1.82) is 0 Å². The third-order valence-electron chi connectivity index (χ3n) is 3.68. The van der Waals surface area contributed by atoms with E-state index < -0.39 is 15.9 Å². The Hall–Kier alpha value is -0.950. The van der Waals surface area contributed by atoms with Crippen LogP contribution in [0.4, 0.5) is 0 Å². The minimum absolute atomic E-state index is 0.277. The maximum atomic E-state index is 11.4. The number of benzene rings is 1. The molecular formula is C14H22N2O3S. The highest BCUT2D eigenvalue weighted by Crippen LogP contribution is 2.16. The predicted molar refractivity (Wildman–Crippen MR) is 78.4 cm³/mol. The fourth-order valence-electron chi connectivity index (χ4n) is 2.43. The molecule has 112 valence electrons. The maximum Gasteiger partial charge on any atom is 0.175 e. The Morgan fingerprint density at radius 2 is 2.05 bits per heavy atom. The summed E-state index contributed by atoms with van der Waals surface area (Å²) in [6.07, 6.45) is 1.65. The highest BCUT2D eigenvalue weighted by molar-refractivity contribution is 7.90. The Labute approximate surface area is 120 Å². The predicted octanol–water partition coefficient (Wildman–Crippen LogP) is 0.417. The third kappa shape index (κ3) is 4.02. The number of hydrogen-bond donors (Lipinski definition) is 2. The summed E-state index contributed by atoms with van der Waals surface area (Å²) in [5.41, 5.74) is 0.733. The molecular weight excluding hydrogens is 276 g/mol. The lowest BCUT2D eigenvalue weighted by molar-refractivity contribution is 0.170. The van der Waals surface area contributed by atoms with E-state index in [9.17, 15) is 13.5 Å². The molecule has 1 aliphatic heterocycles. The molecule has 0 bridgehead atoms.